The number of nitrogens with one attached hydrogen (secondary N) is 1. The van der Waals surface area contributed by atoms with Gasteiger partial charge in [-0.05, 0) is 54.9 Å². The zero-order chi connectivity index (χ0) is 23.8. The highest BCUT2D eigenvalue weighted by Gasteiger charge is 2.44. The van der Waals surface area contributed by atoms with Gasteiger partial charge in [0.1, 0.15) is 6.04 Å². The summed E-state index contributed by atoms with van der Waals surface area (Å²) in [6, 6.07) is 15.2. The number of rotatable bonds is 6. The molecule has 1 aliphatic heterocycles. The SMILES string of the molecule is CN1C(=O)C(C)(O)c2ccc(-c3ccc(CC(C#N)NC(=O)C[C@H]4CC[C@@H](N)C4)cc3)cc21. The zero-order valence-electron chi connectivity index (χ0n) is 19.0. The van der Waals surface area contributed by atoms with Gasteiger partial charge in [-0.25, -0.2) is 0 Å². The molecule has 0 bridgehead atoms. The second-order valence-electron chi connectivity index (χ2n) is 9.46. The van der Waals surface area contributed by atoms with Crippen molar-refractivity contribution < 1.29 is 14.7 Å². The second kappa shape index (κ2) is 8.97. The predicted molar refractivity (Wildman–Crippen MR) is 126 cm³/mol. The molecule has 0 radical (unpaired) electrons. The number of aliphatic hydroxyl groups is 1. The van der Waals surface area contributed by atoms with Gasteiger partial charge in [-0.3, -0.25) is 9.59 Å². The highest BCUT2D eigenvalue weighted by Crippen LogP contribution is 2.41. The predicted octanol–water partition coefficient (Wildman–Crippen LogP) is 2.61. The molecule has 4 rings (SSSR count). The maximum Gasteiger partial charge on any atom is 0.263 e. The maximum atomic E-state index is 12.3. The van der Waals surface area contributed by atoms with E-state index in [1.165, 1.54) is 11.8 Å². The molecule has 0 spiro atoms. The summed E-state index contributed by atoms with van der Waals surface area (Å²) in [5.41, 5.74) is 8.55. The van der Waals surface area contributed by atoms with E-state index in [2.05, 4.69) is 11.4 Å². The number of hydrogen-bond donors (Lipinski definition) is 3. The van der Waals surface area contributed by atoms with Crippen LogP contribution in [0.5, 0.6) is 0 Å². The first-order valence-corrected chi connectivity index (χ1v) is 11.4. The fourth-order valence-electron chi connectivity index (χ4n) is 4.96. The Morgan fingerprint density at radius 1 is 1.27 bits per heavy atom. The van der Waals surface area contributed by atoms with Crippen molar-refractivity contribution in [2.75, 3.05) is 11.9 Å². The van der Waals surface area contributed by atoms with E-state index in [1.54, 1.807) is 13.1 Å². The Morgan fingerprint density at radius 2 is 1.97 bits per heavy atom. The number of nitriles is 1. The van der Waals surface area contributed by atoms with E-state index in [1.807, 2.05) is 36.4 Å². The first-order valence-electron chi connectivity index (χ1n) is 11.4. The van der Waals surface area contributed by atoms with Gasteiger partial charge in [0.15, 0.2) is 5.60 Å². The first-order chi connectivity index (χ1) is 15.7. The maximum absolute atomic E-state index is 12.3. The lowest BCUT2D eigenvalue weighted by atomic mass is 9.94. The molecule has 1 heterocycles. The van der Waals surface area contributed by atoms with Crippen LogP contribution < -0.4 is 16.0 Å². The van der Waals surface area contributed by atoms with Crippen LogP contribution in [0.2, 0.25) is 0 Å². The summed E-state index contributed by atoms with van der Waals surface area (Å²) in [6.45, 7) is 1.51. The minimum atomic E-state index is -1.51. The highest BCUT2D eigenvalue weighted by molar-refractivity contribution is 6.06. The molecule has 0 aromatic heterocycles. The van der Waals surface area contributed by atoms with Crippen LogP contribution in [0, 0.1) is 17.2 Å². The average molecular weight is 447 g/mol. The number of anilines is 1. The fourth-order valence-corrected chi connectivity index (χ4v) is 4.96. The fraction of sp³-hybridized carbons (Fsp3) is 0.423. The smallest absolute Gasteiger partial charge is 0.263 e. The number of amides is 2. The Morgan fingerprint density at radius 3 is 2.61 bits per heavy atom. The standard InChI is InChI=1S/C26H30N4O3/c1-26(33)22-10-8-19(14-23(22)30(2)25(26)32)18-6-3-16(4-7-18)12-21(15-27)29-24(31)13-17-5-9-20(28)11-17/h3-4,6-8,10,14,17,20-21,33H,5,9,11-13,28H2,1-2H3,(H,29,31)/t17-,20+,21?,26?/m0/s1. The van der Waals surface area contributed by atoms with Gasteiger partial charge < -0.3 is 21.1 Å². The van der Waals surface area contributed by atoms with E-state index in [0.29, 0.717) is 30.0 Å². The third-order valence-corrected chi connectivity index (χ3v) is 6.88. The van der Waals surface area contributed by atoms with Gasteiger partial charge in [0.25, 0.3) is 5.91 Å². The summed E-state index contributed by atoms with van der Waals surface area (Å²) in [4.78, 5) is 26.1. The van der Waals surface area contributed by atoms with Crippen LogP contribution in [0.25, 0.3) is 11.1 Å². The van der Waals surface area contributed by atoms with Crippen molar-refractivity contribution in [1.82, 2.24) is 5.32 Å². The number of fused-ring (bicyclic) bond motifs is 1. The lowest BCUT2D eigenvalue weighted by Crippen LogP contribution is -2.36. The van der Waals surface area contributed by atoms with Crippen molar-refractivity contribution >= 4 is 17.5 Å². The van der Waals surface area contributed by atoms with Gasteiger partial charge in [0.05, 0.1) is 11.8 Å². The van der Waals surface area contributed by atoms with E-state index >= 15 is 0 Å². The van der Waals surface area contributed by atoms with Gasteiger partial charge in [-0.1, -0.05) is 36.4 Å². The third-order valence-electron chi connectivity index (χ3n) is 6.88. The number of nitrogens with zero attached hydrogens (tertiary/aromatic N) is 2. The van der Waals surface area contributed by atoms with Gasteiger partial charge in [-0.2, -0.15) is 5.26 Å². The Balaban J connectivity index is 1.41. The molecule has 0 saturated heterocycles. The van der Waals surface area contributed by atoms with Crippen LogP contribution in [0.1, 0.15) is 43.7 Å². The van der Waals surface area contributed by atoms with E-state index < -0.39 is 11.6 Å². The van der Waals surface area contributed by atoms with Gasteiger partial charge in [-0.15, -0.1) is 0 Å². The van der Waals surface area contributed by atoms with E-state index in [9.17, 15) is 20.0 Å². The molecule has 7 heteroatoms. The van der Waals surface area contributed by atoms with Crippen molar-refractivity contribution in [1.29, 1.82) is 5.26 Å². The van der Waals surface area contributed by atoms with Crippen molar-refractivity contribution in [3.05, 3.63) is 53.6 Å². The summed E-state index contributed by atoms with van der Waals surface area (Å²) in [5.74, 6) is -0.126. The Hall–Kier alpha value is -3.21. The van der Waals surface area contributed by atoms with Crippen molar-refractivity contribution in [2.45, 2.75) is 56.7 Å². The second-order valence-corrected chi connectivity index (χ2v) is 9.46. The molecular weight excluding hydrogens is 416 g/mol. The van der Waals surface area contributed by atoms with Gasteiger partial charge in [0, 0.05) is 31.5 Å². The number of hydrogen-bond acceptors (Lipinski definition) is 5. The Kier molecular flexibility index (Phi) is 6.24. The van der Waals surface area contributed by atoms with Gasteiger partial charge in [0.2, 0.25) is 5.91 Å². The molecule has 4 atom stereocenters. The highest BCUT2D eigenvalue weighted by atomic mass is 16.3. The van der Waals surface area contributed by atoms with Gasteiger partial charge >= 0.3 is 0 Å². The number of carbonyl (C=O) groups excluding carboxylic acids is 2. The first kappa shape index (κ1) is 23.0. The lowest BCUT2D eigenvalue weighted by molar-refractivity contribution is -0.134. The molecule has 1 fully saturated rings. The van der Waals surface area contributed by atoms with Crippen molar-refractivity contribution in [2.24, 2.45) is 11.7 Å². The summed E-state index contributed by atoms with van der Waals surface area (Å²) < 4.78 is 0. The van der Waals surface area contributed by atoms with Crippen molar-refractivity contribution in [3.63, 3.8) is 0 Å². The molecule has 2 aliphatic rings. The molecule has 7 nitrogen and oxygen atoms in total. The molecule has 33 heavy (non-hydrogen) atoms. The molecule has 1 saturated carbocycles. The molecule has 2 aromatic carbocycles. The minimum absolute atomic E-state index is 0.0926. The molecule has 2 amide bonds. The average Bonchev–Trinajstić information content (AvgIpc) is 3.28. The number of nitrogens with two attached hydrogens (primary N) is 1. The van der Waals surface area contributed by atoms with Crippen LogP contribution in [-0.4, -0.2) is 36.1 Å². The third kappa shape index (κ3) is 4.63. The van der Waals surface area contributed by atoms with Crippen molar-refractivity contribution in [3.8, 4) is 17.2 Å². The van der Waals surface area contributed by atoms with E-state index in [-0.39, 0.29) is 17.9 Å². The van der Waals surface area contributed by atoms with Crippen LogP contribution >= 0.6 is 0 Å². The normalized spacial score (nSPS) is 24.9. The molecule has 2 unspecified atom stereocenters. The molecule has 1 aliphatic carbocycles. The summed E-state index contributed by atoms with van der Waals surface area (Å²) in [6.07, 6.45) is 3.65. The molecule has 2 aromatic rings. The van der Waals surface area contributed by atoms with E-state index in [0.717, 1.165) is 36.0 Å². The Labute approximate surface area is 194 Å². The summed E-state index contributed by atoms with van der Waals surface area (Å²) in [7, 11) is 1.66. The number of benzene rings is 2. The Bertz CT molecular complexity index is 1100. The number of carbonyl (C=O) groups is 2. The van der Waals surface area contributed by atoms with Crippen LogP contribution in [-0.2, 0) is 21.6 Å². The van der Waals surface area contributed by atoms with Crippen LogP contribution in [0.3, 0.4) is 0 Å². The summed E-state index contributed by atoms with van der Waals surface area (Å²) in [5, 5.41) is 22.8. The summed E-state index contributed by atoms with van der Waals surface area (Å²) >= 11 is 0. The number of likely N-dealkylation sites (N-methyl/N-ethyl adjacent to an activating group) is 1. The lowest BCUT2D eigenvalue weighted by Gasteiger charge is -2.15. The minimum Gasteiger partial charge on any atom is -0.375 e. The van der Waals surface area contributed by atoms with E-state index in [4.69, 9.17) is 5.73 Å². The quantitative estimate of drug-likeness (QED) is 0.630. The zero-order valence-corrected chi connectivity index (χ0v) is 19.0. The van der Waals surface area contributed by atoms with Crippen LogP contribution in [0.4, 0.5) is 5.69 Å². The molecule has 4 N–H and O–H groups in total. The molecular formula is C26H30N4O3. The topological polar surface area (TPSA) is 119 Å². The largest absolute Gasteiger partial charge is 0.375 e. The van der Waals surface area contributed by atoms with Crippen LogP contribution in [0.15, 0.2) is 42.5 Å². The molecule has 172 valence electrons. The monoisotopic (exact) mass is 446 g/mol.